The van der Waals surface area contributed by atoms with Crippen LogP contribution in [-0.2, 0) is 9.59 Å². The van der Waals surface area contributed by atoms with Gasteiger partial charge in [-0.1, -0.05) is 6.07 Å². The van der Waals surface area contributed by atoms with Crippen molar-refractivity contribution in [3.63, 3.8) is 0 Å². The molecule has 2 rings (SSSR count). The highest BCUT2D eigenvalue weighted by Gasteiger charge is 2.21. The van der Waals surface area contributed by atoms with Crippen LogP contribution in [0.15, 0.2) is 29.3 Å². The molecule has 1 aromatic carbocycles. The normalized spacial score (nSPS) is 15.2. The van der Waals surface area contributed by atoms with Crippen molar-refractivity contribution in [1.29, 1.82) is 0 Å². The van der Waals surface area contributed by atoms with Gasteiger partial charge in [0.2, 0.25) is 12.0 Å². The van der Waals surface area contributed by atoms with Crippen LogP contribution < -0.4 is 4.90 Å². The Kier molecular flexibility index (Phi) is 2.61. The Morgan fingerprint density at radius 1 is 1.40 bits per heavy atom. The number of amides is 1. The van der Waals surface area contributed by atoms with Crippen LogP contribution in [0.4, 0.5) is 11.4 Å². The molecule has 0 N–H and O–H groups in total. The Bertz CT molecular complexity index is 436. The average Bonchev–Trinajstić information content (AvgIpc) is 2.65. The first kappa shape index (κ1) is 9.62. The fourth-order valence-corrected chi connectivity index (χ4v) is 1.70. The van der Waals surface area contributed by atoms with Gasteiger partial charge in [0.15, 0.2) is 0 Å². The van der Waals surface area contributed by atoms with Crippen LogP contribution in [0.25, 0.3) is 0 Å². The van der Waals surface area contributed by atoms with Gasteiger partial charge in [-0.2, -0.15) is 4.99 Å². The van der Waals surface area contributed by atoms with Gasteiger partial charge >= 0.3 is 0 Å². The van der Waals surface area contributed by atoms with Gasteiger partial charge in [-0.3, -0.25) is 4.79 Å². The molecule has 0 atom stereocenters. The average molecular weight is 202 g/mol. The van der Waals surface area contributed by atoms with E-state index in [1.807, 2.05) is 6.07 Å². The molecule has 15 heavy (non-hydrogen) atoms. The van der Waals surface area contributed by atoms with Crippen LogP contribution in [0.2, 0.25) is 0 Å². The van der Waals surface area contributed by atoms with E-state index in [9.17, 15) is 9.59 Å². The minimum Gasteiger partial charge on any atom is -0.312 e. The maximum atomic E-state index is 11.5. The number of hydrogen-bond acceptors (Lipinski definition) is 3. The minimum absolute atomic E-state index is 0.127. The van der Waals surface area contributed by atoms with Gasteiger partial charge in [0.1, 0.15) is 0 Å². The summed E-state index contributed by atoms with van der Waals surface area (Å²) in [5, 5.41) is 0. The maximum Gasteiger partial charge on any atom is 0.240 e. The predicted octanol–water partition coefficient (Wildman–Crippen LogP) is 1.78. The van der Waals surface area contributed by atoms with E-state index >= 15 is 0 Å². The van der Waals surface area contributed by atoms with Crippen molar-refractivity contribution in [2.45, 2.75) is 12.8 Å². The molecule has 0 radical (unpaired) electrons. The van der Waals surface area contributed by atoms with Crippen LogP contribution in [0.1, 0.15) is 12.8 Å². The predicted molar refractivity (Wildman–Crippen MR) is 55.8 cm³/mol. The van der Waals surface area contributed by atoms with Gasteiger partial charge in [0.25, 0.3) is 0 Å². The van der Waals surface area contributed by atoms with E-state index in [1.54, 1.807) is 23.1 Å². The summed E-state index contributed by atoms with van der Waals surface area (Å²) < 4.78 is 0. The number of rotatable bonds is 2. The number of carbonyl (C=O) groups excluding carboxylic acids is 2. The molecule has 4 heteroatoms. The molecule has 0 aliphatic carbocycles. The number of carbonyl (C=O) groups is 1. The number of benzene rings is 1. The molecule has 1 heterocycles. The lowest BCUT2D eigenvalue weighted by atomic mass is 10.2. The largest absolute Gasteiger partial charge is 0.312 e. The van der Waals surface area contributed by atoms with Crippen molar-refractivity contribution in [3.05, 3.63) is 24.3 Å². The third-order valence-corrected chi connectivity index (χ3v) is 2.39. The third kappa shape index (κ3) is 1.95. The molecule has 1 aromatic rings. The number of anilines is 1. The van der Waals surface area contributed by atoms with Crippen LogP contribution in [0.3, 0.4) is 0 Å². The Morgan fingerprint density at radius 3 is 2.93 bits per heavy atom. The van der Waals surface area contributed by atoms with Crippen molar-refractivity contribution < 1.29 is 9.59 Å². The van der Waals surface area contributed by atoms with E-state index in [2.05, 4.69) is 4.99 Å². The fourth-order valence-electron chi connectivity index (χ4n) is 1.70. The Morgan fingerprint density at radius 2 is 2.27 bits per heavy atom. The van der Waals surface area contributed by atoms with Crippen molar-refractivity contribution in [1.82, 2.24) is 0 Å². The number of nitrogens with zero attached hydrogens (tertiary/aromatic N) is 2. The lowest BCUT2D eigenvalue weighted by Gasteiger charge is -2.15. The Balaban J connectivity index is 2.31. The highest BCUT2D eigenvalue weighted by Crippen LogP contribution is 2.25. The number of isocyanates is 1. The van der Waals surface area contributed by atoms with Gasteiger partial charge < -0.3 is 4.90 Å². The lowest BCUT2D eigenvalue weighted by Crippen LogP contribution is -2.23. The molecular weight excluding hydrogens is 192 g/mol. The third-order valence-electron chi connectivity index (χ3n) is 2.39. The molecule has 0 spiro atoms. The summed E-state index contributed by atoms with van der Waals surface area (Å²) in [6, 6.07) is 7.03. The minimum atomic E-state index is 0.127. The molecule has 1 fully saturated rings. The van der Waals surface area contributed by atoms with Gasteiger partial charge in [-0.15, -0.1) is 0 Å². The molecular formula is C11H10N2O2. The molecule has 0 aromatic heterocycles. The molecule has 1 aliphatic rings. The van der Waals surface area contributed by atoms with Crippen molar-refractivity contribution in [2.75, 3.05) is 11.4 Å². The van der Waals surface area contributed by atoms with E-state index in [1.165, 1.54) is 6.08 Å². The van der Waals surface area contributed by atoms with E-state index in [4.69, 9.17) is 0 Å². The van der Waals surface area contributed by atoms with Gasteiger partial charge in [0, 0.05) is 18.7 Å². The molecule has 0 saturated carbocycles. The first-order chi connectivity index (χ1) is 7.31. The molecule has 1 amide bonds. The second kappa shape index (κ2) is 4.07. The summed E-state index contributed by atoms with van der Waals surface area (Å²) in [6.07, 6.45) is 2.97. The summed E-state index contributed by atoms with van der Waals surface area (Å²) in [5.74, 6) is 0.127. The topological polar surface area (TPSA) is 49.7 Å². The van der Waals surface area contributed by atoms with Gasteiger partial charge in [0.05, 0.1) is 5.69 Å². The quantitative estimate of drug-likeness (QED) is 0.542. The first-order valence-corrected chi connectivity index (χ1v) is 4.79. The van der Waals surface area contributed by atoms with Crippen molar-refractivity contribution in [2.24, 2.45) is 4.99 Å². The summed E-state index contributed by atoms with van der Waals surface area (Å²) >= 11 is 0. The zero-order valence-electron chi connectivity index (χ0n) is 8.14. The fraction of sp³-hybridized carbons (Fsp3) is 0.273. The van der Waals surface area contributed by atoms with Crippen LogP contribution in [0.5, 0.6) is 0 Å². The summed E-state index contributed by atoms with van der Waals surface area (Å²) in [5.41, 5.74) is 1.33. The van der Waals surface area contributed by atoms with Crippen LogP contribution in [-0.4, -0.2) is 18.5 Å². The molecule has 0 bridgehead atoms. The zero-order chi connectivity index (χ0) is 10.7. The van der Waals surface area contributed by atoms with Gasteiger partial charge in [-0.25, -0.2) is 4.79 Å². The summed E-state index contributed by atoms with van der Waals surface area (Å²) in [6.45, 7) is 0.743. The maximum absolute atomic E-state index is 11.5. The lowest BCUT2D eigenvalue weighted by molar-refractivity contribution is -0.117. The molecule has 76 valence electrons. The van der Waals surface area contributed by atoms with Crippen molar-refractivity contribution in [3.8, 4) is 0 Å². The smallest absolute Gasteiger partial charge is 0.240 e. The summed E-state index contributed by atoms with van der Waals surface area (Å²) in [7, 11) is 0. The highest BCUT2D eigenvalue weighted by atomic mass is 16.2. The van der Waals surface area contributed by atoms with Crippen LogP contribution >= 0.6 is 0 Å². The molecule has 1 saturated heterocycles. The van der Waals surface area contributed by atoms with Crippen molar-refractivity contribution >= 4 is 23.4 Å². The number of hydrogen-bond donors (Lipinski definition) is 0. The van der Waals surface area contributed by atoms with E-state index in [0.29, 0.717) is 12.1 Å². The van der Waals surface area contributed by atoms with E-state index in [0.717, 1.165) is 18.7 Å². The second-order valence-corrected chi connectivity index (χ2v) is 3.37. The van der Waals surface area contributed by atoms with Gasteiger partial charge in [-0.05, 0) is 24.6 Å². The number of aliphatic imine (C=N–C) groups is 1. The monoisotopic (exact) mass is 202 g/mol. The van der Waals surface area contributed by atoms with E-state index in [-0.39, 0.29) is 5.91 Å². The first-order valence-electron chi connectivity index (χ1n) is 4.79. The molecule has 0 unspecified atom stereocenters. The Hall–Kier alpha value is -1.93. The SMILES string of the molecule is O=C=Nc1cccc(N2CCCC2=O)c1. The standard InChI is InChI=1S/C11H10N2O2/c14-8-12-9-3-1-4-10(7-9)13-6-2-5-11(13)15/h1,3-4,7H,2,5-6H2. The summed E-state index contributed by atoms with van der Waals surface area (Å²) in [4.78, 5) is 26.8. The zero-order valence-corrected chi connectivity index (χ0v) is 8.14. The van der Waals surface area contributed by atoms with Crippen LogP contribution in [0, 0.1) is 0 Å². The molecule has 1 aliphatic heterocycles. The second-order valence-electron chi connectivity index (χ2n) is 3.37. The highest BCUT2D eigenvalue weighted by molar-refractivity contribution is 5.95. The Labute approximate surface area is 87.2 Å². The van der Waals surface area contributed by atoms with E-state index < -0.39 is 0 Å². The molecule has 4 nitrogen and oxygen atoms in total.